The third kappa shape index (κ3) is 4.53. The minimum absolute atomic E-state index is 0.102. The van der Waals surface area contributed by atoms with Gasteiger partial charge in [0.1, 0.15) is 18.4 Å². The molecule has 1 aromatic carbocycles. The van der Waals surface area contributed by atoms with Gasteiger partial charge < -0.3 is 15.2 Å². The Hall–Kier alpha value is -1.55. The molecule has 1 unspecified atom stereocenters. The fraction of sp³-hybridized carbons (Fsp3) is 0.562. The van der Waals surface area contributed by atoms with Gasteiger partial charge >= 0.3 is 5.97 Å². The van der Waals surface area contributed by atoms with Crippen molar-refractivity contribution in [1.29, 1.82) is 0 Å². The molecule has 0 saturated heterocycles. The number of hydrogen-bond acceptors (Lipinski definition) is 4. The number of nitrogens with two attached hydrogens (primary N) is 1. The van der Waals surface area contributed by atoms with Gasteiger partial charge in [-0.2, -0.15) is 0 Å². The van der Waals surface area contributed by atoms with E-state index in [1.165, 1.54) is 5.56 Å². The lowest BCUT2D eigenvalue weighted by Gasteiger charge is -2.21. The lowest BCUT2D eigenvalue weighted by molar-refractivity contribution is -0.145. The molecule has 0 aliphatic rings. The zero-order valence-electron chi connectivity index (χ0n) is 13.0. The van der Waals surface area contributed by atoms with Crippen LogP contribution in [0.15, 0.2) is 18.2 Å². The number of esters is 1. The van der Waals surface area contributed by atoms with Gasteiger partial charge in [-0.05, 0) is 36.5 Å². The van der Waals surface area contributed by atoms with E-state index in [0.717, 1.165) is 11.3 Å². The van der Waals surface area contributed by atoms with Crippen LogP contribution in [0.1, 0.15) is 38.8 Å². The molecule has 0 spiro atoms. The Labute approximate surface area is 121 Å². The molecule has 0 amide bonds. The van der Waals surface area contributed by atoms with E-state index in [1.54, 1.807) is 6.92 Å². The van der Waals surface area contributed by atoms with E-state index in [1.807, 2.05) is 19.1 Å². The molecule has 0 aliphatic carbocycles. The van der Waals surface area contributed by atoms with Crippen molar-refractivity contribution in [2.75, 3.05) is 13.2 Å². The van der Waals surface area contributed by atoms with E-state index in [2.05, 4.69) is 26.8 Å². The van der Waals surface area contributed by atoms with Crippen LogP contribution < -0.4 is 10.5 Å². The van der Waals surface area contributed by atoms with Gasteiger partial charge in [0.2, 0.25) is 0 Å². The smallest absolute Gasteiger partial charge is 0.326 e. The van der Waals surface area contributed by atoms with Gasteiger partial charge in [-0.3, -0.25) is 4.79 Å². The minimum atomic E-state index is -0.753. The van der Waals surface area contributed by atoms with Crippen LogP contribution in [0.3, 0.4) is 0 Å². The molecule has 112 valence electrons. The second kappa shape index (κ2) is 6.75. The Balaban J connectivity index is 2.68. The molecule has 2 N–H and O–H groups in total. The van der Waals surface area contributed by atoms with Crippen molar-refractivity contribution in [2.24, 2.45) is 5.73 Å². The normalized spacial score (nSPS) is 12.9. The summed E-state index contributed by atoms with van der Waals surface area (Å²) < 4.78 is 10.5. The molecule has 0 fully saturated rings. The van der Waals surface area contributed by atoms with Gasteiger partial charge in [0.25, 0.3) is 0 Å². The fourth-order valence-electron chi connectivity index (χ4n) is 1.77. The van der Waals surface area contributed by atoms with Crippen molar-refractivity contribution >= 4 is 5.97 Å². The Morgan fingerprint density at radius 1 is 1.35 bits per heavy atom. The largest absolute Gasteiger partial charge is 0.491 e. The molecule has 1 rings (SSSR count). The maximum atomic E-state index is 11.4. The van der Waals surface area contributed by atoms with Crippen molar-refractivity contribution < 1.29 is 14.3 Å². The Kier molecular flexibility index (Phi) is 5.57. The molecule has 4 nitrogen and oxygen atoms in total. The molecule has 0 bridgehead atoms. The van der Waals surface area contributed by atoms with Crippen LogP contribution in [0, 0.1) is 6.92 Å². The number of hydrogen-bond donors (Lipinski definition) is 1. The van der Waals surface area contributed by atoms with Crippen molar-refractivity contribution in [3.63, 3.8) is 0 Å². The quantitative estimate of drug-likeness (QED) is 0.841. The molecule has 20 heavy (non-hydrogen) atoms. The van der Waals surface area contributed by atoms with E-state index in [0.29, 0.717) is 6.61 Å². The molecule has 1 aromatic rings. The van der Waals surface area contributed by atoms with Crippen molar-refractivity contribution in [1.82, 2.24) is 0 Å². The summed E-state index contributed by atoms with van der Waals surface area (Å²) in [6.45, 7) is 10.7. The summed E-state index contributed by atoms with van der Waals surface area (Å²) in [5, 5.41) is 0. The summed E-state index contributed by atoms with van der Waals surface area (Å²) in [5.41, 5.74) is 8.09. The predicted molar refractivity (Wildman–Crippen MR) is 80.0 cm³/mol. The summed E-state index contributed by atoms with van der Waals surface area (Å²) in [6.07, 6.45) is 0. The zero-order chi connectivity index (χ0) is 15.3. The lowest BCUT2D eigenvalue weighted by Crippen LogP contribution is -2.37. The SMILES string of the molecule is CCOC(=O)C(N)COc1ccc(C(C)(C)C)cc1C. The highest BCUT2D eigenvalue weighted by molar-refractivity contribution is 5.75. The molecular weight excluding hydrogens is 254 g/mol. The second-order valence-electron chi connectivity index (χ2n) is 5.90. The van der Waals surface area contributed by atoms with Crippen molar-refractivity contribution in [2.45, 2.75) is 46.1 Å². The van der Waals surface area contributed by atoms with E-state index < -0.39 is 12.0 Å². The summed E-state index contributed by atoms with van der Waals surface area (Å²) in [6, 6.07) is 5.31. The minimum Gasteiger partial charge on any atom is -0.491 e. The van der Waals surface area contributed by atoms with Crippen molar-refractivity contribution in [3.05, 3.63) is 29.3 Å². The Bertz CT molecular complexity index is 463. The standard InChI is InChI=1S/C16H25NO3/c1-6-19-15(18)13(17)10-20-14-8-7-12(9-11(14)2)16(3,4)5/h7-9,13H,6,10,17H2,1-5H3. The monoisotopic (exact) mass is 279 g/mol. The van der Waals surface area contributed by atoms with E-state index >= 15 is 0 Å². The summed E-state index contributed by atoms with van der Waals surface area (Å²) in [5.74, 6) is 0.314. The highest BCUT2D eigenvalue weighted by atomic mass is 16.5. The first-order chi connectivity index (χ1) is 9.25. The van der Waals surface area contributed by atoms with Gasteiger partial charge in [-0.1, -0.05) is 32.9 Å². The van der Waals surface area contributed by atoms with E-state index in [-0.39, 0.29) is 12.0 Å². The number of rotatable bonds is 5. The van der Waals surface area contributed by atoms with Gasteiger partial charge in [0, 0.05) is 0 Å². The molecule has 0 aliphatic heterocycles. The number of carbonyl (C=O) groups is 1. The zero-order valence-corrected chi connectivity index (χ0v) is 13.0. The first-order valence-corrected chi connectivity index (χ1v) is 6.92. The third-order valence-corrected chi connectivity index (χ3v) is 3.05. The molecule has 0 heterocycles. The molecule has 0 aromatic heterocycles. The van der Waals surface area contributed by atoms with Crippen LogP contribution in [-0.4, -0.2) is 25.2 Å². The highest BCUT2D eigenvalue weighted by Crippen LogP contribution is 2.27. The Morgan fingerprint density at radius 3 is 2.50 bits per heavy atom. The number of carbonyl (C=O) groups excluding carboxylic acids is 1. The van der Waals surface area contributed by atoms with Gasteiger partial charge in [-0.15, -0.1) is 0 Å². The second-order valence-corrected chi connectivity index (χ2v) is 5.90. The average Bonchev–Trinajstić information content (AvgIpc) is 2.36. The molecular formula is C16H25NO3. The van der Waals surface area contributed by atoms with E-state index in [4.69, 9.17) is 15.2 Å². The van der Waals surface area contributed by atoms with Crippen LogP contribution in [0.2, 0.25) is 0 Å². The number of ether oxygens (including phenoxy) is 2. The first-order valence-electron chi connectivity index (χ1n) is 6.92. The third-order valence-electron chi connectivity index (χ3n) is 3.05. The van der Waals surface area contributed by atoms with Gasteiger partial charge in [0.05, 0.1) is 6.61 Å². The molecule has 0 radical (unpaired) electrons. The summed E-state index contributed by atoms with van der Waals surface area (Å²) in [7, 11) is 0. The molecule has 0 saturated carbocycles. The first kappa shape index (κ1) is 16.5. The molecule has 4 heteroatoms. The van der Waals surface area contributed by atoms with Crippen LogP contribution in [0.25, 0.3) is 0 Å². The summed E-state index contributed by atoms with van der Waals surface area (Å²) in [4.78, 5) is 11.4. The van der Waals surface area contributed by atoms with Crippen LogP contribution in [0.5, 0.6) is 5.75 Å². The maximum Gasteiger partial charge on any atom is 0.326 e. The molecule has 1 atom stereocenters. The predicted octanol–water partition coefficient (Wildman–Crippen LogP) is 2.56. The van der Waals surface area contributed by atoms with Gasteiger partial charge in [-0.25, -0.2) is 0 Å². The van der Waals surface area contributed by atoms with Crippen LogP contribution >= 0.6 is 0 Å². The lowest BCUT2D eigenvalue weighted by atomic mass is 9.86. The van der Waals surface area contributed by atoms with Crippen molar-refractivity contribution in [3.8, 4) is 5.75 Å². The Morgan fingerprint density at radius 2 is 2.00 bits per heavy atom. The maximum absolute atomic E-state index is 11.4. The van der Waals surface area contributed by atoms with Gasteiger partial charge in [0.15, 0.2) is 0 Å². The number of aryl methyl sites for hydroxylation is 1. The average molecular weight is 279 g/mol. The van der Waals surface area contributed by atoms with Crippen LogP contribution in [-0.2, 0) is 14.9 Å². The van der Waals surface area contributed by atoms with E-state index in [9.17, 15) is 4.79 Å². The summed E-state index contributed by atoms with van der Waals surface area (Å²) >= 11 is 0. The number of benzene rings is 1. The topological polar surface area (TPSA) is 61.5 Å². The van der Waals surface area contributed by atoms with Crippen LogP contribution in [0.4, 0.5) is 0 Å². The highest BCUT2D eigenvalue weighted by Gasteiger charge is 2.17. The fourth-order valence-corrected chi connectivity index (χ4v) is 1.77.